The van der Waals surface area contributed by atoms with Crippen molar-refractivity contribution >= 4 is 5.71 Å². The van der Waals surface area contributed by atoms with Gasteiger partial charge in [0, 0.05) is 6.42 Å². The Morgan fingerprint density at radius 1 is 1.03 bits per heavy atom. The van der Waals surface area contributed by atoms with Crippen LogP contribution in [-0.4, -0.2) is 31.1 Å². The number of ether oxygens (including phenoxy) is 2. The third-order valence-electron chi connectivity index (χ3n) is 6.05. The molecule has 1 unspecified atom stereocenters. The number of fused-ring (bicyclic) bond motifs is 2. The fraction of sp³-hybridized carbons (Fsp3) is 0.458. The van der Waals surface area contributed by atoms with Crippen LogP contribution in [0.1, 0.15) is 49.8 Å². The van der Waals surface area contributed by atoms with E-state index in [9.17, 15) is 8.78 Å². The summed E-state index contributed by atoms with van der Waals surface area (Å²) in [5.74, 6) is -0.629. The van der Waals surface area contributed by atoms with Crippen molar-refractivity contribution in [2.24, 2.45) is 11.1 Å². The summed E-state index contributed by atoms with van der Waals surface area (Å²) < 4.78 is 40.0. The van der Waals surface area contributed by atoms with Crippen molar-refractivity contribution < 1.29 is 23.1 Å². The molecule has 2 aliphatic rings. The van der Waals surface area contributed by atoms with Crippen LogP contribution in [-0.2, 0) is 14.3 Å². The number of nitrogens with zero attached hydrogens (tertiary/aromatic N) is 1. The summed E-state index contributed by atoms with van der Waals surface area (Å²) in [6, 6.07) is 12.6. The zero-order chi connectivity index (χ0) is 21.1. The molecule has 2 aromatic carbocycles. The van der Waals surface area contributed by atoms with Crippen molar-refractivity contribution in [3.05, 3.63) is 71.3 Å². The van der Waals surface area contributed by atoms with E-state index in [0.717, 1.165) is 42.5 Å². The van der Waals surface area contributed by atoms with Crippen LogP contribution in [0.2, 0.25) is 0 Å². The molecule has 4 atom stereocenters. The molecule has 0 spiro atoms. The molecule has 2 heterocycles. The van der Waals surface area contributed by atoms with Gasteiger partial charge in [-0.2, -0.15) is 0 Å². The van der Waals surface area contributed by atoms with Gasteiger partial charge in [0.05, 0.1) is 29.9 Å². The van der Waals surface area contributed by atoms with Gasteiger partial charge in [-0.3, -0.25) is 0 Å². The molecule has 2 aliphatic heterocycles. The third-order valence-corrected chi connectivity index (χ3v) is 6.05. The molecular formula is C24H27F2NO3. The molecule has 0 aliphatic carbocycles. The number of oxime groups is 1. The van der Waals surface area contributed by atoms with Crippen LogP contribution in [0.15, 0.2) is 53.7 Å². The Bertz CT molecular complexity index is 824. The topological polar surface area (TPSA) is 40.0 Å². The standard InChI is InChI=1S/C24H27F2NO3/c1-3-20(27-28-2)23-21-13-12-19(29-21)14-22(23)30-24(15-4-8-17(25)9-5-15)16-6-10-18(26)11-7-16/h4-11,19,21-24H,3,12-14H2,1-2H3/t19?,21-,22+,23+/m0/s1. The maximum Gasteiger partial charge on any atom is 0.123 e. The largest absolute Gasteiger partial charge is 0.399 e. The van der Waals surface area contributed by atoms with Gasteiger partial charge < -0.3 is 14.3 Å². The van der Waals surface area contributed by atoms with E-state index in [1.807, 2.05) is 6.92 Å². The highest BCUT2D eigenvalue weighted by atomic mass is 19.1. The van der Waals surface area contributed by atoms with Gasteiger partial charge in [0.2, 0.25) is 0 Å². The molecule has 0 aromatic heterocycles. The monoisotopic (exact) mass is 415 g/mol. The lowest BCUT2D eigenvalue weighted by Crippen LogP contribution is -2.45. The zero-order valence-electron chi connectivity index (χ0n) is 17.3. The van der Waals surface area contributed by atoms with E-state index in [1.165, 1.54) is 24.3 Å². The lowest BCUT2D eigenvalue weighted by Gasteiger charge is -2.39. The summed E-state index contributed by atoms with van der Waals surface area (Å²) in [6.07, 6.45) is 3.09. The maximum atomic E-state index is 13.5. The predicted octanol–water partition coefficient (Wildman–Crippen LogP) is 5.42. The Kier molecular flexibility index (Phi) is 6.44. The van der Waals surface area contributed by atoms with Gasteiger partial charge in [-0.25, -0.2) is 8.78 Å². The SMILES string of the molecule is CCC(=NOC)[C@@H]1[C@@H]2CCC(C[C@H]1OC(c1ccc(F)cc1)c1ccc(F)cc1)O2. The van der Waals surface area contributed by atoms with Crippen LogP contribution in [0, 0.1) is 17.6 Å². The molecule has 0 saturated carbocycles. The van der Waals surface area contributed by atoms with Gasteiger partial charge in [-0.05, 0) is 54.7 Å². The van der Waals surface area contributed by atoms with Crippen LogP contribution in [0.3, 0.4) is 0 Å². The number of rotatable bonds is 7. The first kappa shape index (κ1) is 20.9. The minimum atomic E-state index is -0.447. The third kappa shape index (κ3) is 4.40. The van der Waals surface area contributed by atoms with Crippen molar-refractivity contribution in [2.75, 3.05) is 7.11 Å². The van der Waals surface area contributed by atoms with Crippen LogP contribution in [0.25, 0.3) is 0 Å². The van der Waals surface area contributed by atoms with E-state index in [1.54, 1.807) is 31.4 Å². The summed E-state index contributed by atoms with van der Waals surface area (Å²) in [7, 11) is 1.55. The van der Waals surface area contributed by atoms with Crippen molar-refractivity contribution in [1.82, 2.24) is 0 Å². The molecule has 0 N–H and O–H groups in total. The van der Waals surface area contributed by atoms with Gasteiger partial charge in [0.15, 0.2) is 0 Å². The summed E-state index contributed by atoms with van der Waals surface area (Å²) in [4.78, 5) is 5.10. The van der Waals surface area contributed by atoms with Gasteiger partial charge in [0.1, 0.15) is 24.8 Å². The van der Waals surface area contributed by atoms with Crippen molar-refractivity contribution in [3.63, 3.8) is 0 Å². The highest BCUT2D eigenvalue weighted by Gasteiger charge is 2.46. The lowest BCUT2D eigenvalue weighted by atomic mass is 9.86. The van der Waals surface area contributed by atoms with E-state index in [0.29, 0.717) is 0 Å². The molecule has 4 rings (SSSR count). The number of hydrogen-bond donors (Lipinski definition) is 0. The lowest BCUT2D eigenvalue weighted by molar-refractivity contribution is -0.118. The van der Waals surface area contributed by atoms with Gasteiger partial charge in [0.25, 0.3) is 0 Å². The fourth-order valence-electron chi connectivity index (χ4n) is 4.66. The molecular weight excluding hydrogens is 388 g/mol. The first-order valence-corrected chi connectivity index (χ1v) is 10.5. The number of benzene rings is 2. The first-order chi connectivity index (χ1) is 14.6. The Labute approximate surface area is 175 Å². The quantitative estimate of drug-likeness (QED) is 0.448. The van der Waals surface area contributed by atoms with Crippen LogP contribution in [0.4, 0.5) is 8.78 Å². The van der Waals surface area contributed by atoms with E-state index < -0.39 is 6.10 Å². The minimum absolute atomic E-state index is 0.0166. The average Bonchev–Trinajstić information content (AvgIpc) is 3.14. The first-order valence-electron chi connectivity index (χ1n) is 10.5. The molecule has 6 heteroatoms. The average molecular weight is 415 g/mol. The van der Waals surface area contributed by atoms with Gasteiger partial charge in [-0.1, -0.05) is 36.3 Å². The van der Waals surface area contributed by atoms with E-state index in [4.69, 9.17) is 14.3 Å². The maximum absolute atomic E-state index is 13.5. The van der Waals surface area contributed by atoms with Crippen LogP contribution in [0.5, 0.6) is 0 Å². The second-order valence-electron chi connectivity index (χ2n) is 7.91. The predicted molar refractivity (Wildman–Crippen MR) is 110 cm³/mol. The Morgan fingerprint density at radius 3 is 2.17 bits per heavy atom. The molecule has 0 radical (unpaired) electrons. The molecule has 0 amide bonds. The Hall–Kier alpha value is -2.31. The second-order valence-corrected chi connectivity index (χ2v) is 7.91. The normalized spacial score (nSPS) is 26.2. The van der Waals surface area contributed by atoms with E-state index in [2.05, 4.69) is 5.16 Å². The summed E-state index contributed by atoms with van der Waals surface area (Å²) >= 11 is 0. The Morgan fingerprint density at radius 2 is 1.63 bits per heavy atom. The van der Waals surface area contributed by atoms with Crippen LogP contribution < -0.4 is 0 Å². The van der Waals surface area contributed by atoms with E-state index >= 15 is 0 Å². The number of hydrogen-bond acceptors (Lipinski definition) is 4. The Balaban J connectivity index is 1.68. The van der Waals surface area contributed by atoms with Crippen molar-refractivity contribution in [1.29, 1.82) is 0 Å². The molecule has 30 heavy (non-hydrogen) atoms. The second kappa shape index (κ2) is 9.23. The molecule has 160 valence electrons. The molecule has 2 bridgehead atoms. The molecule has 2 aromatic rings. The zero-order valence-corrected chi connectivity index (χ0v) is 17.3. The molecule has 2 fully saturated rings. The van der Waals surface area contributed by atoms with E-state index in [-0.39, 0.29) is 35.9 Å². The summed E-state index contributed by atoms with van der Waals surface area (Å²) in [5, 5.41) is 4.27. The smallest absolute Gasteiger partial charge is 0.123 e. The molecule has 4 nitrogen and oxygen atoms in total. The summed E-state index contributed by atoms with van der Waals surface area (Å²) in [5.41, 5.74) is 2.56. The molecule has 2 saturated heterocycles. The van der Waals surface area contributed by atoms with Gasteiger partial charge in [-0.15, -0.1) is 0 Å². The number of halogens is 2. The minimum Gasteiger partial charge on any atom is -0.399 e. The van der Waals surface area contributed by atoms with Crippen LogP contribution >= 0.6 is 0 Å². The van der Waals surface area contributed by atoms with Crippen molar-refractivity contribution in [3.8, 4) is 0 Å². The highest BCUT2D eigenvalue weighted by molar-refractivity contribution is 5.87. The summed E-state index contributed by atoms with van der Waals surface area (Å²) in [6.45, 7) is 2.05. The highest BCUT2D eigenvalue weighted by Crippen LogP contribution is 2.42. The van der Waals surface area contributed by atoms with Gasteiger partial charge >= 0.3 is 0 Å². The van der Waals surface area contributed by atoms with Crippen molar-refractivity contribution in [2.45, 2.75) is 57.0 Å². The fourth-order valence-corrected chi connectivity index (χ4v) is 4.66.